The minimum absolute atomic E-state index is 0.0136. The predicted molar refractivity (Wildman–Crippen MR) is 78.2 cm³/mol. The molecule has 1 saturated carbocycles. The van der Waals surface area contributed by atoms with Crippen LogP contribution in [0.15, 0.2) is 18.2 Å². The number of benzene rings is 1. The van der Waals surface area contributed by atoms with E-state index in [0.717, 1.165) is 19.3 Å². The molecule has 1 amide bonds. The molecule has 1 aliphatic rings. The molecule has 5 heteroatoms. The van der Waals surface area contributed by atoms with Gasteiger partial charge in [-0.05, 0) is 37.5 Å². The summed E-state index contributed by atoms with van der Waals surface area (Å²) >= 11 is 0. The van der Waals surface area contributed by atoms with Gasteiger partial charge in [-0.25, -0.2) is 4.39 Å². The largest absolute Gasteiger partial charge is 0.381 e. The number of ether oxygens (including phenoxy) is 1. The fraction of sp³-hybridized carbons (Fsp3) is 0.438. The van der Waals surface area contributed by atoms with E-state index in [1.807, 2.05) is 0 Å². The Morgan fingerprint density at radius 1 is 1.52 bits per heavy atom. The van der Waals surface area contributed by atoms with Crippen molar-refractivity contribution in [3.05, 3.63) is 35.1 Å². The van der Waals surface area contributed by atoms with E-state index >= 15 is 0 Å². The number of amides is 1. The molecule has 0 spiro atoms. The summed E-state index contributed by atoms with van der Waals surface area (Å²) in [5.41, 5.74) is 5.89. The van der Waals surface area contributed by atoms with Gasteiger partial charge in [-0.1, -0.05) is 11.8 Å². The minimum Gasteiger partial charge on any atom is -0.381 e. The van der Waals surface area contributed by atoms with Crippen LogP contribution in [0.4, 0.5) is 4.39 Å². The van der Waals surface area contributed by atoms with Crippen LogP contribution >= 0.6 is 0 Å². The van der Waals surface area contributed by atoms with Crippen molar-refractivity contribution in [1.82, 2.24) is 5.32 Å². The average Bonchev–Trinajstić information content (AvgIpc) is 2.94. The van der Waals surface area contributed by atoms with Crippen LogP contribution in [0.1, 0.15) is 35.2 Å². The van der Waals surface area contributed by atoms with Crippen LogP contribution in [0.25, 0.3) is 0 Å². The monoisotopic (exact) mass is 290 g/mol. The number of carbonyl (C=O) groups excluding carboxylic acids is 1. The summed E-state index contributed by atoms with van der Waals surface area (Å²) in [7, 11) is 1.66. The van der Waals surface area contributed by atoms with Gasteiger partial charge in [0.05, 0.1) is 18.2 Å². The van der Waals surface area contributed by atoms with Gasteiger partial charge < -0.3 is 15.8 Å². The number of nitrogens with one attached hydrogen (secondary N) is 1. The van der Waals surface area contributed by atoms with Gasteiger partial charge in [-0.2, -0.15) is 0 Å². The number of halogens is 1. The molecule has 0 bridgehead atoms. The fourth-order valence-electron chi connectivity index (χ4n) is 2.48. The van der Waals surface area contributed by atoms with E-state index < -0.39 is 11.7 Å². The zero-order valence-electron chi connectivity index (χ0n) is 12.0. The number of hydrogen-bond donors (Lipinski definition) is 2. The molecule has 112 valence electrons. The third-order valence-corrected chi connectivity index (χ3v) is 3.60. The molecule has 0 aliphatic heterocycles. The highest BCUT2D eigenvalue weighted by molar-refractivity contribution is 5.95. The van der Waals surface area contributed by atoms with Gasteiger partial charge in [0.2, 0.25) is 0 Å². The fourth-order valence-corrected chi connectivity index (χ4v) is 2.48. The number of nitrogens with two attached hydrogens (primary N) is 1. The summed E-state index contributed by atoms with van der Waals surface area (Å²) in [5.74, 6) is 4.52. The van der Waals surface area contributed by atoms with Crippen LogP contribution in [-0.2, 0) is 4.74 Å². The first-order valence-corrected chi connectivity index (χ1v) is 6.96. The van der Waals surface area contributed by atoms with Crippen molar-refractivity contribution in [3.63, 3.8) is 0 Å². The van der Waals surface area contributed by atoms with Gasteiger partial charge in [0, 0.05) is 18.7 Å². The van der Waals surface area contributed by atoms with E-state index in [1.165, 1.54) is 18.2 Å². The molecule has 0 saturated heterocycles. The lowest BCUT2D eigenvalue weighted by Crippen LogP contribution is -2.34. The maximum atomic E-state index is 13.8. The van der Waals surface area contributed by atoms with Crippen LogP contribution in [0, 0.1) is 17.7 Å². The van der Waals surface area contributed by atoms with Crippen molar-refractivity contribution < 1.29 is 13.9 Å². The van der Waals surface area contributed by atoms with Crippen LogP contribution in [0.2, 0.25) is 0 Å². The molecule has 2 rings (SSSR count). The molecule has 3 N–H and O–H groups in total. The Labute approximate surface area is 123 Å². The molecule has 1 aromatic rings. The number of methoxy groups -OCH3 is 1. The quantitative estimate of drug-likeness (QED) is 0.828. The van der Waals surface area contributed by atoms with Gasteiger partial charge in [-0.15, -0.1) is 0 Å². The zero-order chi connectivity index (χ0) is 15.2. The highest BCUT2D eigenvalue weighted by atomic mass is 19.1. The Balaban J connectivity index is 2.08. The van der Waals surface area contributed by atoms with Gasteiger partial charge in [0.25, 0.3) is 5.91 Å². The molecule has 0 aromatic heterocycles. The van der Waals surface area contributed by atoms with Crippen LogP contribution in [-0.4, -0.2) is 31.7 Å². The first kappa shape index (κ1) is 15.5. The standard InChI is InChI=1S/C16H19FN2O2/c1-21-13-6-5-12(10-13)19-16(20)14-9-11(3-2-8-18)4-7-15(14)17/h4,7,9,12-13H,5-6,8,10,18H2,1H3,(H,19,20). The Bertz CT molecular complexity index is 577. The molecule has 2 atom stereocenters. The summed E-state index contributed by atoms with van der Waals surface area (Å²) < 4.78 is 19.1. The maximum Gasteiger partial charge on any atom is 0.254 e. The van der Waals surface area contributed by atoms with E-state index in [2.05, 4.69) is 17.2 Å². The molecular formula is C16H19FN2O2. The molecular weight excluding hydrogens is 271 g/mol. The average molecular weight is 290 g/mol. The smallest absolute Gasteiger partial charge is 0.254 e. The Morgan fingerprint density at radius 3 is 3.00 bits per heavy atom. The van der Waals surface area contributed by atoms with Crippen LogP contribution in [0.3, 0.4) is 0 Å². The minimum atomic E-state index is -0.549. The van der Waals surface area contributed by atoms with Crippen molar-refractivity contribution in [1.29, 1.82) is 0 Å². The second-order valence-electron chi connectivity index (χ2n) is 5.04. The number of hydrogen-bond acceptors (Lipinski definition) is 3. The van der Waals surface area contributed by atoms with E-state index in [0.29, 0.717) is 5.56 Å². The van der Waals surface area contributed by atoms with Crippen molar-refractivity contribution in [2.45, 2.75) is 31.4 Å². The summed E-state index contributed by atoms with van der Waals surface area (Å²) in [4.78, 5) is 12.2. The molecule has 1 fully saturated rings. The van der Waals surface area contributed by atoms with E-state index in [9.17, 15) is 9.18 Å². The third-order valence-electron chi connectivity index (χ3n) is 3.60. The normalized spacial score (nSPS) is 20.7. The Hall–Kier alpha value is -1.90. The third kappa shape index (κ3) is 4.03. The molecule has 1 aliphatic carbocycles. The van der Waals surface area contributed by atoms with E-state index in [4.69, 9.17) is 10.5 Å². The van der Waals surface area contributed by atoms with Crippen LogP contribution in [0.5, 0.6) is 0 Å². The SMILES string of the molecule is COC1CCC(NC(=O)c2cc(C#CCN)ccc2F)C1. The molecule has 1 aromatic carbocycles. The Kier molecular flexibility index (Phi) is 5.32. The van der Waals surface area contributed by atoms with Gasteiger partial charge in [0.15, 0.2) is 0 Å². The van der Waals surface area contributed by atoms with E-state index in [-0.39, 0.29) is 24.3 Å². The molecule has 0 radical (unpaired) electrons. The van der Waals surface area contributed by atoms with Gasteiger partial charge >= 0.3 is 0 Å². The molecule has 0 heterocycles. The van der Waals surface area contributed by atoms with Crippen molar-refractivity contribution in [2.75, 3.05) is 13.7 Å². The highest BCUT2D eigenvalue weighted by Crippen LogP contribution is 2.22. The maximum absolute atomic E-state index is 13.8. The summed E-state index contributed by atoms with van der Waals surface area (Å²) in [6, 6.07) is 4.27. The molecule has 21 heavy (non-hydrogen) atoms. The second kappa shape index (κ2) is 7.21. The predicted octanol–water partition coefficient (Wildman–Crippen LogP) is 1.43. The highest BCUT2D eigenvalue weighted by Gasteiger charge is 2.26. The van der Waals surface area contributed by atoms with Crippen molar-refractivity contribution >= 4 is 5.91 Å². The topological polar surface area (TPSA) is 64.3 Å². The zero-order valence-corrected chi connectivity index (χ0v) is 12.0. The summed E-state index contributed by atoms with van der Waals surface area (Å²) in [6.07, 6.45) is 2.68. The van der Waals surface area contributed by atoms with Crippen molar-refractivity contribution in [3.8, 4) is 11.8 Å². The first-order chi connectivity index (χ1) is 10.1. The van der Waals surface area contributed by atoms with Gasteiger partial charge in [-0.3, -0.25) is 4.79 Å². The van der Waals surface area contributed by atoms with Gasteiger partial charge in [0.1, 0.15) is 5.82 Å². The second-order valence-corrected chi connectivity index (χ2v) is 5.04. The lowest BCUT2D eigenvalue weighted by molar-refractivity contribution is 0.0911. The number of carbonyl (C=O) groups is 1. The number of rotatable bonds is 3. The van der Waals surface area contributed by atoms with Crippen LogP contribution < -0.4 is 11.1 Å². The lowest BCUT2D eigenvalue weighted by Gasteiger charge is -2.13. The molecule has 2 unspecified atom stereocenters. The first-order valence-electron chi connectivity index (χ1n) is 6.96. The molecule has 4 nitrogen and oxygen atoms in total. The Morgan fingerprint density at radius 2 is 2.33 bits per heavy atom. The van der Waals surface area contributed by atoms with E-state index in [1.54, 1.807) is 7.11 Å². The summed E-state index contributed by atoms with van der Waals surface area (Å²) in [6.45, 7) is 0.222. The lowest BCUT2D eigenvalue weighted by atomic mass is 10.1. The summed E-state index contributed by atoms with van der Waals surface area (Å²) in [5, 5.41) is 2.85. The van der Waals surface area contributed by atoms with Crippen molar-refractivity contribution in [2.24, 2.45) is 5.73 Å².